The van der Waals surface area contributed by atoms with Gasteiger partial charge in [-0.15, -0.1) is 0 Å². The molecule has 0 N–H and O–H groups in total. The highest BCUT2D eigenvalue weighted by Crippen LogP contribution is 2.56. The molecule has 2 saturated carbocycles. The van der Waals surface area contributed by atoms with E-state index in [-0.39, 0.29) is 23.7 Å². The van der Waals surface area contributed by atoms with Crippen molar-refractivity contribution in [1.82, 2.24) is 0 Å². The Morgan fingerprint density at radius 1 is 1.00 bits per heavy atom. The number of hydrogen-bond acceptors (Lipinski definition) is 2. The number of carbonyl (C=O) groups is 2. The monoisotopic (exact) mass is 275 g/mol. The number of halogens is 1. The molecule has 3 aliphatic rings. The second-order valence-corrected chi connectivity index (χ2v) is 6.26. The van der Waals surface area contributed by atoms with Crippen LogP contribution in [0.3, 0.4) is 0 Å². The molecule has 0 radical (unpaired) electrons. The van der Waals surface area contributed by atoms with Crippen molar-refractivity contribution in [2.45, 2.75) is 19.3 Å². The van der Waals surface area contributed by atoms with Crippen molar-refractivity contribution in [3.8, 4) is 0 Å². The van der Waals surface area contributed by atoms with E-state index in [1.54, 1.807) is 18.2 Å². The first-order valence-electron chi connectivity index (χ1n) is 6.81. The Hall–Kier alpha value is -1.35. The first-order valence-corrected chi connectivity index (χ1v) is 7.18. The van der Waals surface area contributed by atoms with E-state index in [0.717, 1.165) is 19.3 Å². The van der Waals surface area contributed by atoms with Crippen LogP contribution in [0.5, 0.6) is 0 Å². The van der Waals surface area contributed by atoms with Gasteiger partial charge < -0.3 is 0 Å². The maximum Gasteiger partial charge on any atom is 0.238 e. The van der Waals surface area contributed by atoms with Crippen LogP contribution < -0.4 is 4.90 Å². The molecule has 0 aromatic heterocycles. The molecule has 4 atom stereocenters. The summed E-state index contributed by atoms with van der Waals surface area (Å²) >= 11 is 6.13. The number of rotatable bonds is 1. The lowest BCUT2D eigenvalue weighted by Crippen LogP contribution is -2.32. The molecule has 2 aliphatic carbocycles. The number of imide groups is 1. The highest BCUT2D eigenvalue weighted by molar-refractivity contribution is 6.36. The van der Waals surface area contributed by atoms with Crippen molar-refractivity contribution in [1.29, 1.82) is 0 Å². The fourth-order valence-corrected chi connectivity index (χ4v) is 4.50. The predicted molar refractivity (Wildman–Crippen MR) is 71.8 cm³/mol. The Bertz CT molecular complexity index is 557. The third-order valence-electron chi connectivity index (χ3n) is 5.02. The van der Waals surface area contributed by atoms with Crippen molar-refractivity contribution in [3.05, 3.63) is 29.3 Å². The second kappa shape index (κ2) is 3.83. The smallest absolute Gasteiger partial charge is 0.238 e. The fourth-order valence-electron chi connectivity index (χ4n) is 4.28. The average Bonchev–Trinajstić information content (AvgIpc) is 3.06. The zero-order valence-corrected chi connectivity index (χ0v) is 11.1. The molecule has 19 heavy (non-hydrogen) atoms. The Balaban J connectivity index is 1.78. The normalized spacial score (nSPS) is 36.2. The minimum atomic E-state index is -0.0810. The standard InChI is InChI=1S/C15H14ClNO2/c16-10-3-1-2-4-11(10)17-14(18)12-8-5-6-9(7-8)13(12)15(17)19/h1-4,8-9,12-13H,5-7H2. The highest BCUT2D eigenvalue weighted by atomic mass is 35.5. The van der Waals surface area contributed by atoms with Crippen LogP contribution in [0.2, 0.25) is 5.02 Å². The quantitative estimate of drug-likeness (QED) is 0.739. The summed E-state index contributed by atoms with van der Waals surface area (Å²) in [7, 11) is 0. The maximum atomic E-state index is 12.6. The van der Waals surface area contributed by atoms with Crippen molar-refractivity contribution >= 4 is 29.1 Å². The van der Waals surface area contributed by atoms with Gasteiger partial charge >= 0.3 is 0 Å². The van der Waals surface area contributed by atoms with Crippen molar-refractivity contribution in [3.63, 3.8) is 0 Å². The van der Waals surface area contributed by atoms with Gasteiger partial charge in [-0.3, -0.25) is 9.59 Å². The van der Waals surface area contributed by atoms with Crippen LogP contribution in [-0.4, -0.2) is 11.8 Å². The van der Waals surface area contributed by atoms with Gasteiger partial charge in [0.15, 0.2) is 0 Å². The molecule has 4 heteroatoms. The summed E-state index contributed by atoms with van der Waals surface area (Å²) in [6.07, 6.45) is 3.26. The zero-order valence-electron chi connectivity index (χ0n) is 10.4. The Morgan fingerprint density at radius 2 is 1.58 bits per heavy atom. The van der Waals surface area contributed by atoms with Crippen LogP contribution in [-0.2, 0) is 9.59 Å². The SMILES string of the molecule is O=C1C2C3CCC(C3)C2C(=O)N1c1ccccc1Cl. The number of carbonyl (C=O) groups excluding carboxylic acids is 2. The van der Waals surface area contributed by atoms with Gasteiger partial charge in [0.1, 0.15) is 0 Å². The molecule has 4 unspecified atom stereocenters. The lowest BCUT2D eigenvalue weighted by atomic mass is 9.81. The van der Waals surface area contributed by atoms with Crippen molar-refractivity contribution < 1.29 is 9.59 Å². The molecule has 0 spiro atoms. The first-order chi connectivity index (χ1) is 9.18. The van der Waals surface area contributed by atoms with E-state index in [1.165, 1.54) is 4.90 Å². The summed E-state index contributed by atoms with van der Waals surface area (Å²) in [5, 5.41) is 0.469. The van der Waals surface area contributed by atoms with Crippen LogP contribution >= 0.6 is 11.6 Å². The molecule has 1 aromatic carbocycles. The van der Waals surface area contributed by atoms with Crippen LogP contribution in [0.4, 0.5) is 5.69 Å². The van der Waals surface area contributed by atoms with E-state index in [4.69, 9.17) is 11.6 Å². The number of benzene rings is 1. The lowest BCUT2D eigenvalue weighted by Gasteiger charge is -2.19. The molecule has 1 aliphatic heterocycles. The fraction of sp³-hybridized carbons (Fsp3) is 0.467. The van der Waals surface area contributed by atoms with Crippen LogP contribution in [0.15, 0.2) is 24.3 Å². The first kappa shape index (κ1) is 11.5. The topological polar surface area (TPSA) is 37.4 Å². The molecule has 4 rings (SSSR count). The molecule has 2 amide bonds. The summed E-state index contributed by atoms with van der Waals surface area (Å²) < 4.78 is 0. The van der Waals surface area contributed by atoms with Crippen LogP contribution in [0.25, 0.3) is 0 Å². The lowest BCUT2D eigenvalue weighted by molar-refractivity contribution is -0.123. The van der Waals surface area contributed by atoms with Gasteiger partial charge in [-0.1, -0.05) is 23.7 Å². The van der Waals surface area contributed by atoms with Crippen molar-refractivity contribution in [2.75, 3.05) is 4.90 Å². The van der Waals surface area contributed by atoms with E-state index < -0.39 is 0 Å². The predicted octanol–water partition coefficient (Wildman–Crippen LogP) is 2.88. The molecular formula is C15H14ClNO2. The molecule has 2 bridgehead atoms. The summed E-state index contributed by atoms with van der Waals surface area (Å²) in [6.45, 7) is 0. The molecule has 3 fully saturated rings. The molecular weight excluding hydrogens is 262 g/mol. The van der Waals surface area contributed by atoms with Gasteiger partial charge in [-0.05, 0) is 43.2 Å². The zero-order chi connectivity index (χ0) is 13.1. The third kappa shape index (κ3) is 1.39. The van der Waals surface area contributed by atoms with E-state index in [9.17, 15) is 9.59 Å². The van der Waals surface area contributed by atoms with E-state index in [2.05, 4.69) is 0 Å². The average molecular weight is 276 g/mol. The van der Waals surface area contributed by atoms with Gasteiger partial charge in [-0.2, -0.15) is 0 Å². The largest absolute Gasteiger partial charge is 0.274 e. The van der Waals surface area contributed by atoms with Gasteiger partial charge in [0.25, 0.3) is 0 Å². The number of amides is 2. The van der Waals surface area contributed by atoms with E-state index in [1.807, 2.05) is 6.07 Å². The molecule has 98 valence electrons. The summed E-state index contributed by atoms with van der Waals surface area (Å²) in [4.78, 5) is 26.5. The maximum absolute atomic E-state index is 12.6. The third-order valence-corrected chi connectivity index (χ3v) is 5.34. The number of para-hydroxylation sites is 1. The number of anilines is 1. The summed E-state index contributed by atoms with van der Waals surface area (Å²) in [5.74, 6) is 0.605. The minimum Gasteiger partial charge on any atom is -0.274 e. The second-order valence-electron chi connectivity index (χ2n) is 5.85. The van der Waals surface area contributed by atoms with Gasteiger partial charge in [0.2, 0.25) is 11.8 Å². The Kier molecular flexibility index (Phi) is 2.31. The van der Waals surface area contributed by atoms with E-state index >= 15 is 0 Å². The van der Waals surface area contributed by atoms with Crippen molar-refractivity contribution in [2.24, 2.45) is 23.7 Å². The molecule has 1 heterocycles. The van der Waals surface area contributed by atoms with Gasteiger partial charge in [0, 0.05) is 0 Å². The van der Waals surface area contributed by atoms with Gasteiger partial charge in [-0.25, -0.2) is 4.90 Å². The number of hydrogen-bond donors (Lipinski definition) is 0. The van der Waals surface area contributed by atoms with Crippen LogP contribution in [0.1, 0.15) is 19.3 Å². The minimum absolute atomic E-state index is 0.0321. The van der Waals surface area contributed by atoms with Gasteiger partial charge in [0.05, 0.1) is 22.5 Å². The molecule has 1 saturated heterocycles. The Labute approximate surface area is 116 Å². The van der Waals surface area contributed by atoms with Crippen LogP contribution in [0, 0.1) is 23.7 Å². The molecule has 1 aromatic rings. The Morgan fingerprint density at radius 3 is 2.16 bits per heavy atom. The number of fused-ring (bicyclic) bond motifs is 5. The van der Waals surface area contributed by atoms with E-state index in [0.29, 0.717) is 22.5 Å². The summed E-state index contributed by atoms with van der Waals surface area (Å²) in [5.41, 5.74) is 0.549. The highest BCUT2D eigenvalue weighted by Gasteiger charge is 2.61. The number of nitrogens with zero attached hydrogens (tertiary/aromatic N) is 1. The summed E-state index contributed by atoms with van der Waals surface area (Å²) in [6, 6.07) is 7.09. The molecule has 3 nitrogen and oxygen atoms in total.